The fraction of sp³-hybridized carbons (Fsp3) is 0.450. The van der Waals surface area contributed by atoms with Crippen LogP contribution in [0.5, 0.6) is 11.5 Å². The van der Waals surface area contributed by atoms with Crippen molar-refractivity contribution < 1.29 is 44.1 Å². The topological polar surface area (TPSA) is 83.7 Å². The lowest BCUT2D eigenvalue weighted by molar-refractivity contribution is -0.885. The molecule has 0 radical (unpaired) electrons. The molecule has 31 heavy (non-hydrogen) atoms. The Morgan fingerprint density at radius 2 is 1.87 bits per heavy atom. The van der Waals surface area contributed by atoms with Crippen LogP contribution in [-0.4, -0.2) is 54.9 Å². The Morgan fingerprint density at radius 1 is 1.16 bits per heavy atom. The summed E-state index contributed by atoms with van der Waals surface area (Å²) in [5.41, 5.74) is -0.0804. The third kappa shape index (κ3) is 4.95. The van der Waals surface area contributed by atoms with Crippen LogP contribution in [0.2, 0.25) is 0 Å². The second-order valence-corrected chi connectivity index (χ2v) is 7.70. The van der Waals surface area contributed by atoms with Crippen LogP contribution in [0, 0.1) is 0 Å². The molecule has 170 valence electrons. The van der Waals surface area contributed by atoms with Crippen molar-refractivity contribution in [2.45, 2.75) is 12.5 Å². The fourth-order valence-electron chi connectivity index (χ4n) is 3.89. The summed E-state index contributed by atoms with van der Waals surface area (Å²) >= 11 is 0. The maximum absolute atomic E-state index is 12.5. The average molecular weight is 472 g/mol. The summed E-state index contributed by atoms with van der Waals surface area (Å²) in [6.45, 7) is 3.06. The van der Waals surface area contributed by atoms with E-state index in [-0.39, 0.29) is 42.2 Å². The van der Waals surface area contributed by atoms with E-state index in [1.54, 1.807) is 13.4 Å². The van der Waals surface area contributed by atoms with Crippen molar-refractivity contribution in [2.75, 3.05) is 33.3 Å². The molecule has 0 spiro atoms. The van der Waals surface area contributed by atoms with Crippen LogP contribution in [0.1, 0.15) is 6.42 Å². The first-order chi connectivity index (χ1) is 14.0. The van der Waals surface area contributed by atoms with E-state index in [2.05, 4.69) is 12.0 Å². The normalized spacial score (nSPS) is 19.2. The number of hydrogen-bond acceptors (Lipinski definition) is 5. The van der Waals surface area contributed by atoms with Crippen LogP contribution < -0.4 is 55.3 Å². The van der Waals surface area contributed by atoms with Gasteiger partial charge < -0.3 is 39.2 Å². The Kier molecular flexibility index (Phi) is 8.30. The Balaban J connectivity index is 0.00000171. The second-order valence-electron chi connectivity index (χ2n) is 7.70. The Hall–Kier alpha value is -2.33. The Labute approximate surface area is 192 Å². The van der Waals surface area contributed by atoms with Gasteiger partial charge in [-0.05, 0) is 12.1 Å². The van der Waals surface area contributed by atoms with E-state index in [1.807, 2.05) is 24.3 Å². The van der Waals surface area contributed by atoms with Gasteiger partial charge >= 0.3 is 11.2 Å². The van der Waals surface area contributed by atoms with E-state index in [9.17, 15) is 9.59 Å². The predicted molar refractivity (Wildman–Crippen MR) is 108 cm³/mol. The molecule has 4 rings (SSSR count). The number of aliphatic imine (C=N–C) groups is 1. The molecule has 1 aromatic heterocycles. The van der Waals surface area contributed by atoms with Crippen molar-refractivity contribution in [1.82, 2.24) is 9.13 Å². The highest BCUT2D eigenvalue weighted by Gasteiger charge is 2.30. The lowest BCUT2D eigenvalue weighted by Gasteiger charge is -2.28. The number of benzene rings is 1. The number of ether oxygens (including phenoxy) is 2. The highest BCUT2D eigenvalue weighted by molar-refractivity contribution is 5.68. The number of nitrogens with zero attached hydrogens (tertiary/aromatic N) is 3. The number of aromatic nitrogens is 2. The predicted octanol–water partition coefficient (Wildman–Crippen LogP) is -7.97. The zero-order valence-electron chi connectivity index (χ0n) is 17.7. The SMILES string of the molecule is Cn1c2c(c(=O)n(C)c1=O)[NH+](CCC[NH+](C)CC1COc3ccccc3O1)C=N2.[Cl-].[Cl-]. The van der Waals surface area contributed by atoms with Crippen LogP contribution in [-0.2, 0) is 14.1 Å². The van der Waals surface area contributed by atoms with Crippen LogP contribution in [0.25, 0.3) is 0 Å². The Morgan fingerprint density at radius 3 is 2.61 bits per heavy atom. The molecule has 1 aromatic carbocycles. The summed E-state index contributed by atoms with van der Waals surface area (Å²) in [6, 6.07) is 7.73. The van der Waals surface area contributed by atoms with E-state index in [4.69, 9.17) is 9.47 Å². The quantitative estimate of drug-likeness (QED) is 0.438. The zero-order chi connectivity index (χ0) is 20.5. The van der Waals surface area contributed by atoms with Crippen LogP contribution in [0.3, 0.4) is 0 Å². The van der Waals surface area contributed by atoms with Gasteiger partial charge in [0, 0.05) is 20.5 Å². The molecule has 3 atom stereocenters. The standard InChI is InChI=1S/C20H25N5O4.2ClH/c1-22(11-14-12-28-15-7-4-5-8-16(15)29-14)9-6-10-25-13-21-18-17(25)19(26)24(3)20(27)23(18)2;;/h4-5,7-8,13-14H,6,9-12H2,1-3H3;2*1H. The summed E-state index contributed by atoms with van der Waals surface area (Å²) in [4.78, 5) is 31.1. The van der Waals surface area contributed by atoms with Gasteiger partial charge in [0.25, 0.3) is 0 Å². The Bertz CT molecular complexity index is 1070. The first kappa shape index (κ1) is 24.9. The molecule has 2 aliphatic rings. The minimum absolute atomic E-state index is 0. The van der Waals surface area contributed by atoms with Crippen molar-refractivity contribution in [3.05, 3.63) is 45.1 Å². The highest BCUT2D eigenvalue weighted by Crippen LogP contribution is 2.30. The molecule has 3 heterocycles. The van der Waals surface area contributed by atoms with Crippen LogP contribution >= 0.6 is 0 Å². The van der Waals surface area contributed by atoms with Crippen LogP contribution in [0.4, 0.5) is 11.5 Å². The number of likely N-dealkylation sites (N-methyl/N-ethyl adjacent to an activating group) is 1. The number of fused-ring (bicyclic) bond motifs is 2. The number of nitrogens with one attached hydrogen (secondary N) is 2. The summed E-state index contributed by atoms with van der Waals surface area (Å²) in [7, 11) is 5.28. The summed E-state index contributed by atoms with van der Waals surface area (Å²) < 4.78 is 14.4. The molecule has 2 aromatic rings. The second kappa shape index (κ2) is 10.3. The van der Waals surface area contributed by atoms with E-state index >= 15 is 0 Å². The lowest BCUT2D eigenvalue weighted by atomic mass is 10.2. The molecule has 11 heteroatoms. The smallest absolute Gasteiger partial charge is 0.332 e. The van der Waals surface area contributed by atoms with E-state index in [0.29, 0.717) is 18.1 Å². The number of rotatable bonds is 6. The first-order valence-corrected chi connectivity index (χ1v) is 9.85. The maximum Gasteiger partial charge on any atom is 0.332 e. The fourth-order valence-corrected chi connectivity index (χ4v) is 3.89. The summed E-state index contributed by atoms with van der Waals surface area (Å²) in [5, 5.41) is 0. The molecule has 3 unspecified atom stereocenters. The van der Waals surface area contributed by atoms with Gasteiger partial charge in [-0.15, -0.1) is 0 Å². The van der Waals surface area contributed by atoms with E-state index in [1.165, 1.54) is 16.5 Å². The van der Waals surface area contributed by atoms with Crippen molar-refractivity contribution >= 4 is 17.8 Å². The minimum atomic E-state index is -0.354. The number of hydrogen-bond donors (Lipinski definition) is 2. The molecule has 0 fully saturated rings. The monoisotopic (exact) mass is 471 g/mol. The third-order valence-corrected chi connectivity index (χ3v) is 5.49. The van der Waals surface area contributed by atoms with E-state index < -0.39 is 0 Å². The van der Waals surface area contributed by atoms with Gasteiger partial charge in [-0.2, -0.15) is 4.99 Å². The molecule has 9 nitrogen and oxygen atoms in total. The summed E-state index contributed by atoms with van der Waals surface area (Å²) in [6.07, 6.45) is 2.65. The number of quaternary nitrogens is 2. The highest BCUT2D eigenvalue weighted by atomic mass is 35.5. The molecule has 2 aliphatic heterocycles. The van der Waals surface area contributed by atoms with Gasteiger partial charge in [0.05, 0.1) is 20.1 Å². The van der Waals surface area contributed by atoms with Gasteiger partial charge in [0.1, 0.15) is 13.2 Å². The molecule has 0 saturated heterocycles. The van der Waals surface area contributed by atoms with Crippen molar-refractivity contribution in [2.24, 2.45) is 19.1 Å². The molecule has 0 saturated carbocycles. The van der Waals surface area contributed by atoms with E-state index in [0.717, 1.165) is 47.0 Å². The summed E-state index contributed by atoms with van der Waals surface area (Å²) in [5.74, 6) is 2.06. The molecule has 0 amide bonds. The van der Waals surface area contributed by atoms with Gasteiger partial charge in [-0.1, -0.05) is 12.1 Å². The number of para-hydroxylation sites is 2. The molecular formula is C20H27Cl2N5O4. The molecular weight excluding hydrogens is 445 g/mol. The minimum Gasteiger partial charge on any atom is -1.00 e. The average Bonchev–Trinajstić information content (AvgIpc) is 3.14. The maximum atomic E-state index is 12.5. The zero-order valence-corrected chi connectivity index (χ0v) is 19.2. The van der Waals surface area contributed by atoms with Crippen molar-refractivity contribution in [1.29, 1.82) is 0 Å². The van der Waals surface area contributed by atoms with Gasteiger partial charge in [0.2, 0.25) is 11.5 Å². The molecule has 2 N–H and O–H groups in total. The third-order valence-electron chi connectivity index (χ3n) is 5.49. The van der Waals surface area contributed by atoms with Gasteiger partial charge in [-0.25, -0.2) is 4.79 Å². The van der Waals surface area contributed by atoms with Crippen LogP contribution in [0.15, 0.2) is 38.8 Å². The lowest BCUT2D eigenvalue weighted by Crippen LogP contribution is -3.12. The number of halogens is 2. The first-order valence-electron chi connectivity index (χ1n) is 9.85. The molecule has 0 bridgehead atoms. The largest absolute Gasteiger partial charge is 1.00 e. The molecule has 0 aliphatic carbocycles. The van der Waals surface area contributed by atoms with Gasteiger partial charge in [-0.3, -0.25) is 18.8 Å². The van der Waals surface area contributed by atoms with Crippen molar-refractivity contribution in [3.8, 4) is 11.5 Å². The van der Waals surface area contributed by atoms with Gasteiger partial charge in [0.15, 0.2) is 23.9 Å². The van der Waals surface area contributed by atoms with Crippen molar-refractivity contribution in [3.63, 3.8) is 0 Å².